The molecule has 1 rings (SSSR count). The maximum absolute atomic E-state index is 12.2. The van der Waals surface area contributed by atoms with Gasteiger partial charge in [0, 0.05) is 39.1 Å². The molecule has 1 heterocycles. The minimum Gasteiger partial charge on any atom is -0.379 e. The lowest BCUT2D eigenvalue weighted by molar-refractivity contribution is 0.0363. The van der Waals surface area contributed by atoms with E-state index in [1.165, 1.54) is 4.31 Å². The third-order valence-corrected chi connectivity index (χ3v) is 5.47. The van der Waals surface area contributed by atoms with Gasteiger partial charge in [0.05, 0.1) is 24.5 Å². The molecule has 0 aromatic carbocycles. The number of sulfonamides is 1. The number of hydrogen-bond acceptors (Lipinski definition) is 5. The van der Waals surface area contributed by atoms with Gasteiger partial charge in [0.25, 0.3) is 0 Å². The first kappa shape index (κ1) is 16.4. The predicted molar refractivity (Wildman–Crippen MR) is 73.1 cm³/mol. The van der Waals surface area contributed by atoms with E-state index in [1.54, 1.807) is 13.8 Å². The van der Waals surface area contributed by atoms with Gasteiger partial charge in [-0.3, -0.25) is 4.90 Å². The van der Waals surface area contributed by atoms with E-state index >= 15 is 0 Å². The van der Waals surface area contributed by atoms with Crippen LogP contribution in [0.4, 0.5) is 0 Å². The molecule has 19 heavy (non-hydrogen) atoms. The molecule has 0 amide bonds. The Morgan fingerprint density at radius 1 is 1.32 bits per heavy atom. The molecule has 0 aliphatic carbocycles. The molecular formula is C12H23N3O3S. The molecular weight excluding hydrogens is 266 g/mol. The van der Waals surface area contributed by atoms with Crippen molar-refractivity contribution in [1.82, 2.24) is 9.21 Å². The summed E-state index contributed by atoms with van der Waals surface area (Å²) >= 11 is 0. The van der Waals surface area contributed by atoms with Gasteiger partial charge in [-0.25, -0.2) is 8.42 Å². The highest BCUT2D eigenvalue weighted by molar-refractivity contribution is 7.89. The van der Waals surface area contributed by atoms with Gasteiger partial charge in [0.1, 0.15) is 0 Å². The van der Waals surface area contributed by atoms with Crippen LogP contribution in [0.1, 0.15) is 20.3 Å². The van der Waals surface area contributed by atoms with Crippen molar-refractivity contribution >= 4 is 10.0 Å². The average molecular weight is 289 g/mol. The quantitative estimate of drug-likeness (QED) is 0.673. The van der Waals surface area contributed by atoms with Crippen LogP contribution in [0.25, 0.3) is 0 Å². The number of nitriles is 1. The molecule has 1 saturated heterocycles. The van der Waals surface area contributed by atoms with E-state index < -0.39 is 15.3 Å². The maximum Gasteiger partial charge on any atom is 0.216 e. The number of rotatable bonds is 7. The summed E-state index contributed by atoms with van der Waals surface area (Å²) in [5, 5.41) is 8.19. The molecule has 0 unspecified atom stereocenters. The highest BCUT2D eigenvalue weighted by atomic mass is 32.2. The molecule has 0 bridgehead atoms. The fraction of sp³-hybridized carbons (Fsp3) is 0.917. The van der Waals surface area contributed by atoms with E-state index in [0.717, 1.165) is 13.1 Å². The molecule has 0 radical (unpaired) electrons. The third-order valence-electron chi connectivity index (χ3n) is 3.20. The van der Waals surface area contributed by atoms with Crippen LogP contribution in [0.15, 0.2) is 0 Å². The van der Waals surface area contributed by atoms with E-state index in [1.807, 2.05) is 6.07 Å². The first-order valence-corrected chi connectivity index (χ1v) is 8.15. The lowest BCUT2D eigenvalue weighted by Crippen LogP contribution is -2.45. The molecule has 6 nitrogen and oxygen atoms in total. The Balaban J connectivity index is 2.56. The van der Waals surface area contributed by atoms with Gasteiger partial charge in [-0.15, -0.1) is 0 Å². The topological polar surface area (TPSA) is 73.6 Å². The fourth-order valence-electron chi connectivity index (χ4n) is 1.92. The minimum absolute atomic E-state index is 0.231. The van der Waals surface area contributed by atoms with Crippen molar-refractivity contribution in [2.45, 2.75) is 25.5 Å². The molecule has 0 saturated carbocycles. The van der Waals surface area contributed by atoms with Gasteiger partial charge in [0.2, 0.25) is 10.0 Å². The third kappa shape index (κ3) is 5.07. The van der Waals surface area contributed by atoms with Crippen LogP contribution in [0.5, 0.6) is 0 Å². The molecule has 0 atom stereocenters. The summed E-state index contributed by atoms with van der Waals surface area (Å²) in [6, 6.07) is 2.01. The van der Waals surface area contributed by atoms with Crippen molar-refractivity contribution in [2.75, 3.05) is 45.9 Å². The van der Waals surface area contributed by atoms with Gasteiger partial charge in [0.15, 0.2) is 0 Å². The van der Waals surface area contributed by atoms with E-state index in [0.29, 0.717) is 26.3 Å². The minimum atomic E-state index is -3.29. The highest BCUT2D eigenvalue weighted by Crippen LogP contribution is 2.10. The van der Waals surface area contributed by atoms with E-state index in [2.05, 4.69) is 4.90 Å². The lowest BCUT2D eigenvalue weighted by Gasteiger charge is -2.30. The van der Waals surface area contributed by atoms with Crippen LogP contribution in [0.3, 0.4) is 0 Å². The van der Waals surface area contributed by atoms with E-state index in [9.17, 15) is 8.42 Å². The van der Waals surface area contributed by atoms with Crippen LogP contribution in [0, 0.1) is 11.3 Å². The standard InChI is InChI=1S/C12H23N3O3S/c1-12(2)19(16,17)15(5-3-4-13)7-6-14-8-10-18-11-9-14/h12H,3,5-11H2,1-2H3. The zero-order chi connectivity index (χ0) is 14.3. The van der Waals surface area contributed by atoms with Crippen LogP contribution >= 0.6 is 0 Å². The molecule has 0 N–H and O–H groups in total. The van der Waals surface area contributed by atoms with Crippen LogP contribution < -0.4 is 0 Å². The summed E-state index contributed by atoms with van der Waals surface area (Å²) < 4.78 is 31.1. The second kappa shape index (κ2) is 7.80. The number of nitrogens with zero attached hydrogens (tertiary/aromatic N) is 3. The van der Waals surface area contributed by atoms with Crippen molar-refractivity contribution in [3.8, 4) is 6.07 Å². The first-order chi connectivity index (χ1) is 8.98. The fourth-order valence-corrected chi connectivity index (χ4v) is 3.20. The summed E-state index contributed by atoms with van der Waals surface area (Å²) in [5.74, 6) is 0. The molecule has 1 fully saturated rings. The summed E-state index contributed by atoms with van der Waals surface area (Å²) in [4.78, 5) is 2.19. The lowest BCUT2D eigenvalue weighted by atomic mass is 10.4. The highest BCUT2D eigenvalue weighted by Gasteiger charge is 2.25. The van der Waals surface area contributed by atoms with Crippen molar-refractivity contribution in [3.63, 3.8) is 0 Å². The number of ether oxygens (including phenoxy) is 1. The van der Waals surface area contributed by atoms with E-state index in [4.69, 9.17) is 10.00 Å². The Morgan fingerprint density at radius 3 is 2.47 bits per heavy atom. The monoisotopic (exact) mass is 289 g/mol. The summed E-state index contributed by atoms with van der Waals surface area (Å²) in [5.41, 5.74) is 0. The first-order valence-electron chi connectivity index (χ1n) is 6.64. The van der Waals surface area contributed by atoms with Crippen molar-refractivity contribution in [2.24, 2.45) is 0 Å². The van der Waals surface area contributed by atoms with Crippen molar-refractivity contribution < 1.29 is 13.2 Å². The van der Waals surface area contributed by atoms with Crippen molar-refractivity contribution in [1.29, 1.82) is 5.26 Å². The molecule has 0 aromatic rings. The summed E-state index contributed by atoms with van der Waals surface area (Å²) in [7, 11) is -3.29. The van der Waals surface area contributed by atoms with E-state index in [-0.39, 0.29) is 13.0 Å². The van der Waals surface area contributed by atoms with Crippen LogP contribution in [-0.2, 0) is 14.8 Å². The molecule has 1 aliphatic rings. The zero-order valence-electron chi connectivity index (χ0n) is 11.7. The Hall–Kier alpha value is -0.680. The Labute approximate surface area is 116 Å². The molecule has 110 valence electrons. The summed E-state index contributed by atoms with van der Waals surface area (Å²) in [6.45, 7) is 7.85. The molecule has 7 heteroatoms. The van der Waals surface area contributed by atoms with Crippen LogP contribution in [0.2, 0.25) is 0 Å². The Kier molecular flexibility index (Phi) is 6.72. The van der Waals surface area contributed by atoms with Gasteiger partial charge < -0.3 is 4.74 Å². The Bertz CT molecular complexity index is 397. The summed E-state index contributed by atoms with van der Waals surface area (Å²) in [6.07, 6.45) is 0.231. The van der Waals surface area contributed by atoms with Crippen LogP contribution in [-0.4, -0.2) is 68.8 Å². The molecule has 1 aliphatic heterocycles. The molecule has 0 aromatic heterocycles. The second-order valence-corrected chi connectivity index (χ2v) is 7.34. The average Bonchev–Trinajstić information content (AvgIpc) is 2.39. The van der Waals surface area contributed by atoms with Gasteiger partial charge in [-0.05, 0) is 13.8 Å². The smallest absolute Gasteiger partial charge is 0.216 e. The largest absolute Gasteiger partial charge is 0.379 e. The number of morpholine rings is 1. The normalized spacial score (nSPS) is 17.8. The second-order valence-electron chi connectivity index (χ2n) is 4.85. The molecule has 0 spiro atoms. The predicted octanol–water partition coefficient (Wildman–Crippen LogP) is 0.272. The zero-order valence-corrected chi connectivity index (χ0v) is 12.5. The maximum atomic E-state index is 12.2. The SMILES string of the molecule is CC(C)S(=O)(=O)N(CCC#N)CCN1CCOCC1. The van der Waals surface area contributed by atoms with Gasteiger partial charge in [-0.1, -0.05) is 0 Å². The van der Waals surface area contributed by atoms with Gasteiger partial charge in [-0.2, -0.15) is 9.57 Å². The Morgan fingerprint density at radius 2 is 1.95 bits per heavy atom. The van der Waals surface area contributed by atoms with Gasteiger partial charge >= 0.3 is 0 Å². The van der Waals surface area contributed by atoms with Crippen molar-refractivity contribution in [3.05, 3.63) is 0 Å². The number of hydrogen-bond donors (Lipinski definition) is 0.